The standard InChI is InChI=1S/C35H29N3S/c1-18(2)30-17-28-23-11-9-21(16-29(23)34-26(13-14-39-34)31(28)36-30)20-10-12-25-27(15-20)22-7-5-6-8-24(22)32-33(25)38-35(37-32)19(3)4/h5-16,18-19H,17H2,1-4H3,(H,37,38). The van der Waals surface area contributed by atoms with Gasteiger partial charge < -0.3 is 4.98 Å². The second-order valence-electron chi connectivity index (χ2n) is 11.5. The zero-order valence-corrected chi connectivity index (χ0v) is 23.4. The Bertz CT molecular complexity index is 2160. The molecule has 3 nitrogen and oxygen atoms in total. The van der Waals surface area contributed by atoms with Gasteiger partial charge in [-0.1, -0.05) is 76.2 Å². The molecular formula is C35H29N3S. The maximum Gasteiger partial charge on any atom is 0.109 e. The fraction of sp³-hybridized carbons (Fsp3) is 0.200. The second-order valence-corrected chi connectivity index (χ2v) is 12.4. The molecule has 1 N–H and O–H groups in total. The summed E-state index contributed by atoms with van der Waals surface area (Å²) in [4.78, 5) is 13.8. The zero-order valence-electron chi connectivity index (χ0n) is 22.6. The first-order valence-corrected chi connectivity index (χ1v) is 14.7. The number of nitrogens with one attached hydrogen (secondary N) is 1. The van der Waals surface area contributed by atoms with Gasteiger partial charge in [-0.2, -0.15) is 0 Å². The minimum atomic E-state index is 0.348. The Kier molecular flexibility index (Phi) is 4.84. The summed E-state index contributed by atoms with van der Waals surface area (Å²) >= 11 is 1.83. The number of hydrogen-bond donors (Lipinski definition) is 1. The smallest absolute Gasteiger partial charge is 0.109 e. The van der Waals surface area contributed by atoms with Crippen molar-refractivity contribution in [1.82, 2.24) is 9.97 Å². The topological polar surface area (TPSA) is 41.0 Å². The quantitative estimate of drug-likeness (QED) is 0.230. The highest BCUT2D eigenvalue weighted by Gasteiger charge is 2.23. The average molecular weight is 524 g/mol. The average Bonchev–Trinajstić information content (AvgIpc) is 3.71. The van der Waals surface area contributed by atoms with Gasteiger partial charge in [0.25, 0.3) is 0 Å². The Labute approximate surface area is 231 Å². The molecule has 5 aromatic carbocycles. The van der Waals surface area contributed by atoms with Crippen molar-refractivity contribution in [1.29, 1.82) is 0 Å². The van der Waals surface area contributed by atoms with E-state index in [1.807, 2.05) is 11.3 Å². The van der Waals surface area contributed by atoms with Gasteiger partial charge in [0.2, 0.25) is 0 Å². The highest BCUT2D eigenvalue weighted by Crippen LogP contribution is 2.46. The molecule has 0 aliphatic carbocycles. The molecule has 0 saturated heterocycles. The summed E-state index contributed by atoms with van der Waals surface area (Å²) in [7, 11) is 0. The third kappa shape index (κ3) is 3.28. The minimum absolute atomic E-state index is 0.348. The number of nitrogens with zero attached hydrogens (tertiary/aromatic N) is 2. The summed E-state index contributed by atoms with van der Waals surface area (Å²) in [6.07, 6.45) is 0.954. The van der Waals surface area contributed by atoms with Crippen molar-refractivity contribution in [2.75, 3.05) is 0 Å². The van der Waals surface area contributed by atoms with Crippen molar-refractivity contribution in [3.63, 3.8) is 0 Å². The van der Waals surface area contributed by atoms with E-state index in [1.165, 1.54) is 70.5 Å². The largest absolute Gasteiger partial charge is 0.341 e. The number of H-pyrrole nitrogens is 1. The number of rotatable bonds is 3. The normalized spacial score (nSPS) is 13.6. The highest BCUT2D eigenvalue weighted by molar-refractivity contribution is 7.18. The van der Waals surface area contributed by atoms with E-state index in [0.717, 1.165) is 23.3 Å². The van der Waals surface area contributed by atoms with Gasteiger partial charge in [0, 0.05) is 44.3 Å². The van der Waals surface area contributed by atoms with Gasteiger partial charge in [-0.15, -0.1) is 11.3 Å². The lowest BCUT2D eigenvalue weighted by atomic mass is 9.92. The molecule has 190 valence electrons. The van der Waals surface area contributed by atoms with E-state index in [4.69, 9.17) is 9.98 Å². The predicted octanol–water partition coefficient (Wildman–Crippen LogP) is 10.3. The van der Waals surface area contributed by atoms with E-state index in [2.05, 4.69) is 105 Å². The minimum Gasteiger partial charge on any atom is -0.341 e. The van der Waals surface area contributed by atoms with Crippen molar-refractivity contribution in [3.8, 4) is 11.1 Å². The monoisotopic (exact) mass is 523 g/mol. The van der Waals surface area contributed by atoms with E-state index < -0.39 is 0 Å². The Morgan fingerprint density at radius 3 is 2.23 bits per heavy atom. The molecular weight excluding hydrogens is 494 g/mol. The summed E-state index contributed by atoms with van der Waals surface area (Å²) in [5.41, 5.74) is 8.56. The third-order valence-corrected chi connectivity index (χ3v) is 9.39. The summed E-state index contributed by atoms with van der Waals surface area (Å²) in [6, 6.07) is 24.9. The Morgan fingerprint density at radius 2 is 1.46 bits per heavy atom. The molecule has 39 heavy (non-hydrogen) atoms. The van der Waals surface area contributed by atoms with E-state index in [-0.39, 0.29) is 0 Å². The number of hydrogen-bond acceptors (Lipinski definition) is 3. The lowest BCUT2D eigenvalue weighted by Gasteiger charge is -2.12. The van der Waals surface area contributed by atoms with Crippen LogP contribution in [-0.2, 0) is 6.42 Å². The molecule has 0 fully saturated rings. The number of thiophene rings is 1. The number of imidazole rings is 1. The summed E-state index contributed by atoms with van der Waals surface area (Å²) in [6.45, 7) is 8.88. The van der Waals surface area contributed by atoms with Crippen LogP contribution < -0.4 is 0 Å². The van der Waals surface area contributed by atoms with Gasteiger partial charge in [0.1, 0.15) is 5.82 Å². The molecule has 2 aromatic heterocycles. The molecule has 0 radical (unpaired) electrons. The van der Waals surface area contributed by atoms with Crippen LogP contribution in [0.25, 0.3) is 64.6 Å². The van der Waals surface area contributed by atoms with Gasteiger partial charge in [-0.25, -0.2) is 4.98 Å². The fourth-order valence-electron chi connectivity index (χ4n) is 6.32. The van der Waals surface area contributed by atoms with Crippen LogP contribution in [0.3, 0.4) is 0 Å². The van der Waals surface area contributed by atoms with Crippen molar-refractivity contribution in [2.24, 2.45) is 10.9 Å². The van der Waals surface area contributed by atoms with E-state index in [0.29, 0.717) is 11.8 Å². The van der Waals surface area contributed by atoms with Gasteiger partial charge in [0.05, 0.1) is 16.7 Å². The van der Waals surface area contributed by atoms with E-state index in [1.54, 1.807) is 0 Å². The molecule has 0 unspecified atom stereocenters. The van der Waals surface area contributed by atoms with Crippen molar-refractivity contribution < 1.29 is 0 Å². The van der Waals surface area contributed by atoms with Crippen LogP contribution in [0.5, 0.6) is 0 Å². The Balaban J connectivity index is 1.36. The first-order valence-electron chi connectivity index (χ1n) is 13.9. The molecule has 8 rings (SSSR count). The van der Waals surface area contributed by atoms with Crippen molar-refractivity contribution >= 4 is 76.2 Å². The Hall–Kier alpha value is -4.02. The number of aliphatic imine (C=N–C) groups is 1. The first-order chi connectivity index (χ1) is 19.0. The Morgan fingerprint density at radius 1 is 0.718 bits per heavy atom. The van der Waals surface area contributed by atoms with Crippen LogP contribution in [0.4, 0.5) is 5.69 Å². The summed E-state index contributed by atoms with van der Waals surface area (Å²) in [5, 5.41) is 11.1. The molecule has 0 bridgehead atoms. The van der Waals surface area contributed by atoms with Gasteiger partial charge in [-0.3, -0.25) is 4.99 Å². The van der Waals surface area contributed by atoms with Crippen LogP contribution in [0, 0.1) is 5.92 Å². The predicted molar refractivity (Wildman–Crippen MR) is 169 cm³/mol. The van der Waals surface area contributed by atoms with Crippen LogP contribution in [0.2, 0.25) is 0 Å². The second kappa shape index (κ2) is 8.24. The van der Waals surface area contributed by atoms with Crippen LogP contribution >= 0.6 is 11.3 Å². The molecule has 3 heterocycles. The highest BCUT2D eigenvalue weighted by atomic mass is 32.1. The van der Waals surface area contributed by atoms with Crippen molar-refractivity contribution in [3.05, 3.63) is 83.5 Å². The molecule has 1 aliphatic heterocycles. The van der Waals surface area contributed by atoms with Gasteiger partial charge >= 0.3 is 0 Å². The molecule has 0 amide bonds. The number of benzene rings is 5. The van der Waals surface area contributed by atoms with E-state index >= 15 is 0 Å². The number of fused-ring (bicyclic) bond motifs is 12. The number of aromatic nitrogens is 2. The summed E-state index contributed by atoms with van der Waals surface area (Å²) in [5.74, 6) is 1.85. The lowest BCUT2D eigenvalue weighted by molar-refractivity contribution is 0.799. The fourth-order valence-corrected chi connectivity index (χ4v) is 7.25. The molecule has 4 heteroatoms. The number of aromatic amines is 1. The SMILES string of the molecule is CC(C)C1=Nc2c(c3ccc(-c4ccc5c(c4)c4ccccc4c4nc(C(C)C)[nH]c54)cc3c3sccc23)C1. The van der Waals surface area contributed by atoms with Crippen LogP contribution in [-0.4, -0.2) is 15.7 Å². The maximum atomic E-state index is 5.10. The maximum absolute atomic E-state index is 5.10. The molecule has 0 spiro atoms. The van der Waals surface area contributed by atoms with Crippen molar-refractivity contribution in [2.45, 2.75) is 40.0 Å². The van der Waals surface area contributed by atoms with Crippen LogP contribution in [0.1, 0.15) is 45.0 Å². The van der Waals surface area contributed by atoms with Gasteiger partial charge in [-0.05, 0) is 62.3 Å². The summed E-state index contributed by atoms with van der Waals surface area (Å²) < 4.78 is 1.34. The lowest BCUT2D eigenvalue weighted by Crippen LogP contribution is -2.06. The molecule has 0 atom stereocenters. The molecule has 1 aliphatic rings. The zero-order chi connectivity index (χ0) is 26.4. The first kappa shape index (κ1) is 22.9. The van der Waals surface area contributed by atoms with Gasteiger partial charge in [0.15, 0.2) is 0 Å². The third-order valence-electron chi connectivity index (χ3n) is 8.44. The molecule has 7 aromatic rings. The van der Waals surface area contributed by atoms with Crippen LogP contribution in [0.15, 0.2) is 77.1 Å². The molecule has 0 saturated carbocycles. The van der Waals surface area contributed by atoms with E-state index in [9.17, 15) is 0 Å².